The van der Waals surface area contributed by atoms with Gasteiger partial charge in [0.05, 0.1) is 6.61 Å². The van der Waals surface area contributed by atoms with Gasteiger partial charge in [-0.2, -0.15) is 0 Å². The molecule has 1 amide bonds. The van der Waals surface area contributed by atoms with E-state index in [1.165, 1.54) is 0 Å². The molecule has 1 heterocycles. The lowest BCUT2D eigenvalue weighted by Crippen LogP contribution is -2.37. The van der Waals surface area contributed by atoms with Crippen LogP contribution in [0.1, 0.15) is 12.8 Å². The summed E-state index contributed by atoms with van der Waals surface area (Å²) < 4.78 is 5.17. The van der Waals surface area contributed by atoms with Crippen LogP contribution in [0, 0.1) is 5.92 Å². The molecule has 1 aliphatic rings. The first kappa shape index (κ1) is 10.5. The lowest BCUT2D eigenvalue weighted by molar-refractivity contribution is -0.137. The molecule has 0 aliphatic carbocycles. The lowest BCUT2D eigenvalue weighted by Gasteiger charge is -2.25. The Labute approximate surface area is 78.5 Å². The molecule has 0 radical (unpaired) electrons. The van der Waals surface area contributed by atoms with Crippen molar-refractivity contribution in [1.29, 1.82) is 0 Å². The zero-order valence-corrected chi connectivity index (χ0v) is 8.03. The Balaban J connectivity index is 2.36. The Bertz CT molecular complexity index is 166. The standard InChI is InChI=1S/C9H17NO3/c1-10(4-5-11)9(12)8-2-6-13-7-3-8/h8,11H,2-7H2,1H3. The minimum Gasteiger partial charge on any atom is -0.395 e. The van der Waals surface area contributed by atoms with Crippen molar-refractivity contribution in [3.8, 4) is 0 Å². The molecule has 0 aromatic heterocycles. The fourth-order valence-corrected chi connectivity index (χ4v) is 1.52. The van der Waals surface area contributed by atoms with Crippen LogP contribution in [0.5, 0.6) is 0 Å². The SMILES string of the molecule is CN(CCO)C(=O)C1CCOCC1. The van der Waals surface area contributed by atoms with Gasteiger partial charge in [0.15, 0.2) is 0 Å². The quantitative estimate of drug-likeness (QED) is 0.669. The van der Waals surface area contributed by atoms with Crippen molar-refractivity contribution in [2.24, 2.45) is 5.92 Å². The summed E-state index contributed by atoms with van der Waals surface area (Å²) in [4.78, 5) is 13.2. The van der Waals surface area contributed by atoms with E-state index < -0.39 is 0 Å². The van der Waals surface area contributed by atoms with Gasteiger partial charge in [0, 0.05) is 32.7 Å². The molecule has 1 saturated heterocycles. The van der Waals surface area contributed by atoms with Crippen LogP contribution in [0.3, 0.4) is 0 Å². The lowest BCUT2D eigenvalue weighted by atomic mass is 9.99. The summed E-state index contributed by atoms with van der Waals surface area (Å²) in [6.07, 6.45) is 1.63. The molecule has 0 spiro atoms. The molecular formula is C9H17NO3. The zero-order valence-electron chi connectivity index (χ0n) is 8.03. The number of ether oxygens (including phenoxy) is 1. The van der Waals surface area contributed by atoms with Crippen molar-refractivity contribution < 1.29 is 14.6 Å². The molecule has 1 fully saturated rings. The minimum atomic E-state index is 0.0332. The highest BCUT2D eigenvalue weighted by molar-refractivity contribution is 5.78. The Morgan fingerprint density at radius 1 is 1.54 bits per heavy atom. The first-order valence-corrected chi connectivity index (χ1v) is 4.69. The fraction of sp³-hybridized carbons (Fsp3) is 0.889. The maximum Gasteiger partial charge on any atom is 0.225 e. The Hall–Kier alpha value is -0.610. The maximum atomic E-state index is 11.6. The summed E-state index contributed by atoms with van der Waals surface area (Å²) in [5.74, 6) is 0.239. The Kier molecular flexibility index (Phi) is 4.18. The number of hydrogen-bond acceptors (Lipinski definition) is 3. The monoisotopic (exact) mass is 187 g/mol. The Morgan fingerprint density at radius 3 is 2.69 bits per heavy atom. The number of aliphatic hydroxyl groups is 1. The fourth-order valence-electron chi connectivity index (χ4n) is 1.52. The van der Waals surface area contributed by atoms with E-state index in [2.05, 4.69) is 0 Å². The second kappa shape index (κ2) is 5.19. The van der Waals surface area contributed by atoms with Crippen LogP contribution in [0.4, 0.5) is 0 Å². The number of amides is 1. The van der Waals surface area contributed by atoms with Gasteiger partial charge in [0.25, 0.3) is 0 Å². The van der Waals surface area contributed by atoms with Crippen molar-refractivity contribution in [1.82, 2.24) is 4.90 Å². The van der Waals surface area contributed by atoms with Crippen LogP contribution in [0.15, 0.2) is 0 Å². The molecule has 0 aromatic rings. The molecule has 4 heteroatoms. The van der Waals surface area contributed by atoms with E-state index in [0.717, 1.165) is 12.8 Å². The highest BCUT2D eigenvalue weighted by Gasteiger charge is 2.23. The number of carbonyl (C=O) groups excluding carboxylic acids is 1. The number of hydrogen-bond donors (Lipinski definition) is 1. The molecule has 13 heavy (non-hydrogen) atoms. The van der Waals surface area contributed by atoms with Gasteiger partial charge >= 0.3 is 0 Å². The van der Waals surface area contributed by atoms with Gasteiger partial charge in [-0.3, -0.25) is 4.79 Å². The predicted molar refractivity (Wildman–Crippen MR) is 48.3 cm³/mol. The van der Waals surface area contributed by atoms with E-state index >= 15 is 0 Å². The molecule has 0 bridgehead atoms. The van der Waals surface area contributed by atoms with Crippen molar-refractivity contribution in [3.63, 3.8) is 0 Å². The summed E-state index contributed by atoms with van der Waals surface area (Å²) in [5.41, 5.74) is 0. The minimum absolute atomic E-state index is 0.0332. The third kappa shape index (κ3) is 2.97. The molecule has 0 aromatic carbocycles. The van der Waals surface area contributed by atoms with Crippen LogP contribution in [0.2, 0.25) is 0 Å². The second-order valence-electron chi connectivity index (χ2n) is 3.37. The van der Waals surface area contributed by atoms with Crippen molar-refractivity contribution in [2.45, 2.75) is 12.8 Å². The third-order valence-corrected chi connectivity index (χ3v) is 2.38. The van der Waals surface area contributed by atoms with Crippen LogP contribution in [-0.2, 0) is 9.53 Å². The summed E-state index contributed by atoms with van der Waals surface area (Å²) in [6, 6.07) is 0. The average molecular weight is 187 g/mol. The Morgan fingerprint density at radius 2 is 2.15 bits per heavy atom. The first-order chi connectivity index (χ1) is 6.25. The van der Waals surface area contributed by atoms with Crippen molar-refractivity contribution in [2.75, 3.05) is 33.4 Å². The molecule has 1 N–H and O–H groups in total. The highest BCUT2D eigenvalue weighted by Crippen LogP contribution is 2.16. The van der Waals surface area contributed by atoms with Crippen LogP contribution in [-0.4, -0.2) is 49.3 Å². The zero-order chi connectivity index (χ0) is 9.68. The molecule has 0 atom stereocenters. The normalized spacial score (nSPS) is 18.6. The summed E-state index contributed by atoms with van der Waals surface area (Å²) in [7, 11) is 1.73. The molecule has 1 rings (SSSR count). The molecule has 0 saturated carbocycles. The number of nitrogens with zero attached hydrogens (tertiary/aromatic N) is 1. The van der Waals surface area contributed by atoms with Gasteiger partial charge in [-0.1, -0.05) is 0 Å². The van der Waals surface area contributed by atoms with Gasteiger partial charge in [-0.05, 0) is 12.8 Å². The maximum absolute atomic E-state index is 11.6. The van der Waals surface area contributed by atoms with Gasteiger partial charge in [0.2, 0.25) is 5.91 Å². The number of likely N-dealkylation sites (N-methyl/N-ethyl adjacent to an activating group) is 1. The highest BCUT2D eigenvalue weighted by atomic mass is 16.5. The summed E-state index contributed by atoms with van der Waals surface area (Å²) in [5, 5.41) is 8.67. The molecule has 0 unspecified atom stereocenters. The van der Waals surface area contributed by atoms with Crippen molar-refractivity contribution >= 4 is 5.91 Å². The second-order valence-corrected chi connectivity index (χ2v) is 3.37. The molecule has 1 aliphatic heterocycles. The predicted octanol–water partition coefficient (Wildman–Crippen LogP) is -0.136. The van der Waals surface area contributed by atoms with E-state index in [1.807, 2.05) is 0 Å². The number of aliphatic hydroxyl groups excluding tert-OH is 1. The van der Waals surface area contributed by atoms with Crippen LogP contribution < -0.4 is 0 Å². The number of carbonyl (C=O) groups is 1. The first-order valence-electron chi connectivity index (χ1n) is 4.69. The molecular weight excluding hydrogens is 170 g/mol. The summed E-state index contributed by atoms with van der Waals surface area (Å²) >= 11 is 0. The van der Waals surface area contributed by atoms with E-state index in [-0.39, 0.29) is 18.4 Å². The van der Waals surface area contributed by atoms with Gasteiger partial charge in [-0.25, -0.2) is 0 Å². The van der Waals surface area contributed by atoms with Crippen LogP contribution >= 0.6 is 0 Å². The largest absolute Gasteiger partial charge is 0.395 e. The smallest absolute Gasteiger partial charge is 0.225 e. The van der Waals surface area contributed by atoms with Crippen molar-refractivity contribution in [3.05, 3.63) is 0 Å². The number of rotatable bonds is 3. The van der Waals surface area contributed by atoms with Gasteiger partial charge < -0.3 is 14.7 Å². The topological polar surface area (TPSA) is 49.8 Å². The van der Waals surface area contributed by atoms with E-state index in [1.54, 1.807) is 11.9 Å². The molecule has 76 valence electrons. The van der Waals surface area contributed by atoms with E-state index in [0.29, 0.717) is 19.8 Å². The van der Waals surface area contributed by atoms with Gasteiger partial charge in [0.1, 0.15) is 0 Å². The van der Waals surface area contributed by atoms with Crippen LogP contribution in [0.25, 0.3) is 0 Å². The van der Waals surface area contributed by atoms with Gasteiger partial charge in [-0.15, -0.1) is 0 Å². The van der Waals surface area contributed by atoms with E-state index in [4.69, 9.17) is 9.84 Å². The summed E-state index contributed by atoms with van der Waals surface area (Å²) in [6.45, 7) is 1.83. The van der Waals surface area contributed by atoms with E-state index in [9.17, 15) is 4.79 Å². The third-order valence-electron chi connectivity index (χ3n) is 2.38. The molecule has 4 nitrogen and oxygen atoms in total. The average Bonchev–Trinajstić information content (AvgIpc) is 2.18.